The van der Waals surface area contributed by atoms with Crippen LogP contribution in [0, 0.1) is 10.1 Å². The van der Waals surface area contributed by atoms with E-state index in [9.17, 15) is 14.9 Å². The molecule has 26 heavy (non-hydrogen) atoms. The minimum absolute atomic E-state index is 0.146. The Morgan fingerprint density at radius 2 is 1.88 bits per heavy atom. The molecule has 0 bridgehead atoms. The fraction of sp³-hybridized carbons (Fsp3) is 0.167. The van der Waals surface area contributed by atoms with Crippen molar-refractivity contribution in [3.05, 3.63) is 75.6 Å². The number of aromatic amines is 1. The number of hydrogen-bond donors (Lipinski definition) is 1. The second-order valence-electron chi connectivity index (χ2n) is 5.89. The van der Waals surface area contributed by atoms with Crippen molar-refractivity contribution in [2.45, 2.75) is 29.8 Å². The van der Waals surface area contributed by atoms with E-state index in [1.165, 1.54) is 6.07 Å². The second kappa shape index (κ2) is 7.49. The van der Waals surface area contributed by atoms with Gasteiger partial charge in [0.2, 0.25) is 5.16 Å². The van der Waals surface area contributed by atoms with Gasteiger partial charge in [0.05, 0.1) is 9.82 Å². The van der Waals surface area contributed by atoms with Crippen LogP contribution in [0.5, 0.6) is 0 Å². The highest BCUT2D eigenvalue weighted by molar-refractivity contribution is 7.99. The molecule has 0 fully saturated rings. The summed E-state index contributed by atoms with van der Waals surface area (Å²) in [5.41, 5.74) is 0.607. The molecule has 3 rings (SSSR count). The van der Waals surface area contributed by atoms with Crippen molar-refractivity contribution in [2.24, 2.45) is 0 Å². The highest BCUT2D eigenvalue weighted by Crippen LogP contribution is 2.34. The molecular formula is C18H16N4O3S. The van der Waals surface area contributed by atoms with Crippen LogP contribution in [0.15, 0.2) is 58.6 Å². The largest absolute Gasteiger partial charge is 0.289 e. The zero-order chi connectivity index (χ0) is 18.7. The normalized spacial score (nSPS) is 10.9. The highest BCUT2D eigenvalue weighted by atomic mass is 32.2. The number of rotatable bonds is 6. The number of carbonyl (C=O) groups is 1. The van der Waals surface area contributed by atoms with E-state index in [-0.39, 0.29) is 23.0 Å². The summed E-state index contributed by atoms with van der Waals surface area (Å²) < 4.78 is 0. The average Bonchev–Trinajstić information content (AvgIpc) is 3.11. The molecule has 3 aromatic rings. The molecule has 0 unspecified atom stereocenters. The Hall–Kier alpha value is -3.00. The summed E-state index contributed by atoms with van der Waals surface area (Å²) in [7, 11) is 0. The zero-order valence-corrected chi connectivity index (χ0v) is 15.0. The van der Waals surface area contributed by atoms with Crippen molar-refractivity contribution < 1.29 is 9.72 Å². The lowest BCUT2D eigenvalue weighted by Gasteiger charge is -2.04. The predicted molar refractivity (Wildman–Crippen MR) is 97.6 cm³/mol. The molecule has 1 aromatic heterocycles. The molecule has 132 valence electrons. The average molecular weight is 368 g/mol. The van der Waals surface area contributed by atoms with Crippen LogP contribution in [0.1, 0.15) is 41.5 Å². The Bertz CT molecular complexity index is 954. The third kappa shape index (κ3) is 3.80. The lowest BCUT2D eigenvalue weighted by atomic mass is 10.0. The molecule has 1 heterocycles. The molecule has 0 aliphatic heterocycles. The molecule has 0 saturated heterocycles. The van der Waals surface area contributed by atoms with Gasteiger partial charge in [0.1, 0.15) is 5.82 Å². The molecule has 2 aromatic carbocycles. The quantitative estimate of drug-likeness (QED) is 0.397. The van der Waals surface area contributed by atoms with E-state index < -0.39 is 4.92 Å². The van der Waals surface area contributed by atoms with Crippen molar-refractivity contribution in [3.8, 4) is 0 Å². The topological polar surface area (TPSA) is 102 Å². The number of nitro groups is 1. The van der Waals surface area contributed by atoms with Crippen molar-refractivity contribution >= 4 is 23.2 Å². The lowest BCUT2D eigenvalue weighted by molar-refractivity contribution is -0.387. The van der Waals surface area contributed by atoms with E-state index in [0.717, 1.165) is 11.8 Å². The van der Waals surface area contributed by atoms with Crippen LogP contribution in [0.2, 0.25) is 0 Å². The van der Waals surface area contributed by atoms with E-state index in [4.69, 9.17) is 0 Å². The van der Waals surface area contributed by atoms with E-state index in [1.54, 1.807) is 42.5 Å². The Labute approximate surface area is 154 Å². The van der Waals surface area contributed by atoms with Crippen LogP contribution >= 0.6 is 11.8 Å². The standard InChI is InChI=1S/C18H16N4O3S/c1-11(2)17-19-18(21-20-17)26-15-9-8-13(10-14(15)22(24)25)16(23)12-6-4-3-5-7-12/h3-11H,1-2H3,(H,19,20,21). The van der Waals surface area contributed by atoms with Gasteiger partial charge in [-0.1, -0.05) is 44.2 Å². The van der Waals surface area contributed by atoms with Gasteiger partial charge in [-0.25, -0.2) is 4.98 Å². The molecule has 0 aliphatic carbocycles. The summed E-state index contributed by atoms with van der Waals surface area (Å²) in [5.74, 6) is 0.633. The fourth-order valence-corrected chi connectivity index (χ4v) is 3.11. The number of benzene rings is 2. The maximum absolute atomic E-state index is 12.5. The van der Waals surface area contributed by atoms with Gasteiger partial charge in [-0.15, -0.1) is 5.10 Å². The summed E-state index contributed by atoms with van der Waals surface area (Å²) in [6.45, 7) is 3.95. The first-order chi connectivity index (χ1) is 12.5. The third-order valence-electron chi connectivity index (χ3n) is 3.68. The number of nitrogens with zero attached hydrogens (tertiary/aromatic N) is 3. The van der Waals surface area contributed by atoms with Crippen LogP contribution in [0.25, 0.3) is 0 Å². The van der Waals surface area contributed by atoms with Gasteiger partial charge in [-0.2, -0.15) is 0 Å². The molecule has 8 heteroatoms. The molecule has 0 spiro atoms. The molecule has 0 radical (unpaired) electrons. The number of ketones is 1. The van der Waals surface area contributed by atoms with Crippen molar-refractivity contribution in [2.75, 3.05) is 0 Å². The summed E-state index contributed by atoms with van der Waals surface area (Å²) >= 11 is 1.09. The van der Waals surface area contributed by atoms with Crippen LogP contribution in [-0.2, 0) is 0 Å². The maximum atomic E-state index is 12.5. The number of nitrogens with one attached hydrogen (secondary N) is 1. The third-order valence-corrected chi connectivity index (χ3v) is 4.61. The molecule has 7 nitrogen and oxygen atoms in total. The highest BCUT2D eigenvalue weighted by Gasteiger charge is 2.20. The van der Waals surface area contributed by atoms with Gasteiger partial charge in [0.25, 0.3) is 5.69 Å². The monoisotopic (exact) mass is 368 g/mol. The molecule has 0 amide bonds. The zero-order valence-electron chi connectivity index (χ0n) is 14.2. The van der Waals surface area contributed by atoms with Crippen molar-refractivity contribution in [1.82, 2.24) is 15.2 Å². The first-order valence-electron chi connectivity index (χ1n) is 7.94. The molecular weight excluding hydrogens is 352 g/mol. The van der Waals surface area contributed by atoms with Gasteiger partial charge in [-0.3, -0.25) is 20.0 Å². The van der Waals surface area contributed by atoms with Gasteiger partial charge in [-0.05, 0) is 23.9 Å². The minimum atomic E-state index is -0.500. The van der Waals surface area contributed by atoms with E-state index in [2.05, 4.69) is 15.2 Å². The van der Waals surface area contributed by atoms with E-state index >= 15 is 0 Å². The summed E-state index contributed by atoms with van der Waals surface area (Å²) in [5, 5.41) is 18.8. The van der Waals surface area contributed by atoms with Crippen molar-refractivity contribution in [1.29, 1.82) is 0 Å². The van der Waals surface area contributed by atoms with Crippen LogP contribution in [-0.4, -0.2) is 25.9 Å². The molecule has 0 saturated carbocycles. The van der Waals surface area contributed by atoms with Crippen molar-refractivity contribution in [3.63, 3.8) is 0 Å². The van der Waals surface area contributed by atoms with Gasteiger partial charge >= 0.3 is 0 Å². The van der Waals surface area contributed by atoms with Gasteiger partial charge in [0.15, 0.2) is 5.78 Å². The number of aromatic nitrogens is 3. The lowest BCUT2D eigenvalue weighted by Crippen LogP contribution is -2.02. The Morgan fingerprint density at radius 3 is 2.50 bits per heavy atom. The summed E-state index contributed by atoms with van der Waals surface area (Å²) in [6.07, 6.45) is 0. The first kappa shape index (κ1) is 17.8. The van der Waals surface area contributed by atoms with Gasteiger partial charge in [0, 0.05) is 23.1 Å². The smallest absolute Gasteiger partial charge is 0.284 e. The van der Waals surface area contributed by atoms with Crippen LogP contribution in [0.4, 0.5) is 5.69 Å². The predicted octanol–water partition coefficient (Wildman–Crippen LogP) is 4.22. The first-order valence-corrected chi connectivity index (χ1v) is 8.75. The molecule has 1 N–H and O–H groups in total. The molecule has 0 aliphatic rings. The van der Waals surface area contributed by atoms with Crippen LogP contribution in [0.3, 0.4) is 0 Å². The summed E-state index contributed by atoms with van der Waals surface area (Å²) in [4.78, 5) is 28.2. The Balaban J connectivity index is 1.92. The minimum Gasteiger partial charge on any atom is -0.289 e. The summed E-state index contributed by atoms with van der Waals surface area (Å²) in [6, 6.07) is 13.1. The van der Waals surface area contributed by atoms with Crippen LogP contribution < -0.4 is 0 Å². The maximum Gasteiger partial charge on any atom is 0.284 e. The second-order valence-corrected chi connectivity index (χ2v) is 6.90. The number of hydrogen-bond acceptors (Lipinski definition) is 6. The Kier molecular flexibility index (Phi) is 5.13. The number of carbonyl (C=O) groups excluding carboxylic acids is 1. The van der Waals surface area contributed by atoms with E-state index in [0.29, 0.717) is 21.4 Å². The molecule has 0 atom stereocenters. The Morgan fingerprint density at radius 1 is 1.15 bits per heavy atom. The SMILES string of the molecule is CC(C)c1nc(Sc2ccc(C(=O)c3ccccc3)cc2[N+](=O)[O-])n[nH]1. The number of H-pyrrole nitrogens is 1. The number of nitro benzene ring substituents is 1. The van der Waals surface area contributed by atoms with E-state index in [1.807, 2.05) is 13.8 Å². The van der Waals surface area contributed by atoms with Gasteiger partial charge < -0.3 is 0 Å². The fourth-order valence-electron chi connectivity index (χ4n) is 2.30.